The first kappa shape index (κ1) is 21.7. The Balaban J connectivity index is 1.46. The van der Waals surface area contributed by atoms with Crippen LogP contribution in [0.2, 0.25) is 0 Å². The minimum absolute atomic E-state index is 0.0115. The van der Waals surface area contributed by atoms with Crippen LogP contribution in [-0.2, 0) is 11.3 Å². The molecule has 168 valence electrons. The predicted octanol–water partition coefficient (Wildman–Crippen LogP) is 2.26. The Kier molecular flexibility index (Phi) is 6.88. The molecule has 0 aliphatic carbocycles. The van der Waals surface area contributed by atoms with Crippen molar-refractivity contribution in [2.24, 2.45) is 0 Å². The van der Waals surface area contributed by atoms with Crippen LogP contribution in [0.1, 0.15) is 54.9 Å². The smallest absolute Gasteiger partial charge is 0.274 e. The molecular formula is C22H27N7O3. The average Bonchev–Trinajstić information content (AvgIpc) is 3.49. The Bertz CT molecular complexity index is 1050. The molecular weight excluding hydrogens is 410 g/mol. The molecule has 1 unspecified atom stereocenters. The third kappa shape index (κ3) is 5.19. The summed E-state index contributed by atoms with van der Waals surface area (Å²) in [4.78, 5) is 35.6. The zero-order valence-electron chi connectivity index (χ0n) is 18.1. The first-order valence-corrected chi connectivity index (χ1v) is 11.0. The fourth-order valence-electron chi connectivity index (χ4n) is 3.77. The van der Waals surface area contributed by atoms with Gasteiger partial charge < -0.3 is 14.7 Å². The molecule has 1 aliphatic heterocycles. The van der Waals surface area contributed by atoms with E-state index in [2.05, 4.69) is 25.5 Å². The predicted molar refractivity (Wildman–Crippen MR) is 116 cm³/mol. The molecule has 0 aromatic carbocycles. The van der Waals surface area contributed by atoms with E-state index in [0.717, 1.165) is 18.4 Å². The lowest BCUT2D eigenvalue weighted by Crippen LogP contribution is -2.36. The van der Waals surface area contributed by atoms with Crippen molar-refractivity contribution in [3.8, 4) is 11.4 Å². The van der Waals surface area contributed by atoms with Gasteiger partial charge in [-0.1, -0.05) is 5.16 Å². The Morgan fingerprint density at radius 1 is 1.28 bits per heavy atom. The molecule has 10 nitrogen and oxygen atoms in total. The van der Waals surface area contributed by atoms with E-state index in [9.17, 15) is 9.59 Å². The molecule has 1 fully saturated rings. The molecule has 1 N–H and O–H groups in total. The highest BCUT2D eigenvalue weighted by Gasteiger charge is 2.24. The lowest BCUT2D eigenvalue weighted by Gasteiger charge is -2.21. The van der Waals surface area contributed by atoms with Crippen molar-refractivity contribution in [2.75, 3.05) is 19.6 Å². The number of aromatic nitrogens is 5. The summed E-state index contributed by atoms with van der Waals surface area (Å²) in [6.07, 6.45) is 7.64. The maximum Gasteiger partial charge on any atom is 0.274 e. The van der Waals surface area contributed by atoms with E-state index in [4.69, 9.17) is 4.52 Å². The fourth-order valence-corrected chi connectivity index (χ4v) is 3.77. The van der Waals surface area contributed by atoms with Crippen molar-refractivity contribution in [1.29, 1.82) is 0 Å². The van der Waals surface area contributed by atoms with Gasteiger partial charge in [0.2, 0.25) is 17.6 Å². The van der Waals surface area contributed by atoms with Gasteiger partial charge in [-0.2, -0.15) is 10.1 Å². The van der Waals surface area contributed by atoms with Crippen LogP contribution in [0, 0.1) is 0 Å². The van der Waals surface area contributed by atoms with Crippen molar-refractivity contribution in [1.82, 2.24) is 35.1 Å². The first-order chi connectivity index (χ1) is 15.6. The SMILES string of the molecule is CCn1ccc(C(=O)N2CCCC(c3nc(-c4cccnc4)no3)CCNC(=O)CC2)n1. The second kappa shape index (κ2) is 10.2. The van der Waals surface area contributed by atoms with Crippen LogP contribution >= 0.6 is 0 Å². The number of nitrogens with zero attached hydrogens (tertiary/aromatic N) is 6. The Morgan fingerprint density at radius 3 is 2.97 bits per heavy atom. The molecule has 10 heteroatoms. The van der Waals surface area contributed by atoms with Gasteiger partial charge in [-0.05, 0) is 44.4 Å². The number of rotatable bonds is 4. The van der Waals surface area contributed by atoms with Crippen LogP contribution in [0.3, 0.4) is 0 Å². The molecule has 2 amide bonds. The molecule has 1 atom stereocenters. The summed E-state index contributed by atoms with van der Waals surface area (Å²) >= 11 is 0. The van der Waals surface area contributed by atoms with Crippen LogP contribution in [0.15, 0.2) is 41.3 Å². The quantitative estimate of drug-likeness (QED) is 0.665. The summed E-state index contributed by atoms with van der Waals surface area (Å²) in [5.74, 6) is 0.788. The molecule has 4 rings (SSSR count). The molecule has 32 heavy (non-hydrogen) atoms. The molecule has 0 radical (unpaired) electrons. The summed E-state index contributed by atoms with van der Waals surface area (Å²) in [6, 6.07) is 5.42. The molecule has 3 aromatic rings. The van der Waals surface area contributed by atoms with E-state index in [1.165, 1.54) is 0 Å². The van der Waals surface area contributed by atoms with Gasteiger partial charge in [0.15, 0.2) is 0 Å². The van der Waals surface area contributed by atoms with E-state index < -0.39 is 0 Å². The topological polar surface area (TPSA) is 119 Å². The lowest BCUT2D eigenvalue weighted by atomic mass is 9.99. The first-order valence-electron chi connectivity index (χ1n) is 11.0. The minimum Gasteiger partial charge on any atom is -0.356 e. The summed E-state index contributed by atoms with van der Waals surface area (Å²) in [7, 11) is 0. The lowest BCUT2D eigenvalue weighted by molar-refractivity contribution is -0.121. The van der Waals surface area contributed by atoms with Crippen molar-refractivity contribution in [3.05, 3.63) is 48.4 Å². The highest BCUT2D eigenvalue weighted by molar-refractivity contribution is 5.92. The van der Waals surface area contributed by atoms with Crippen LogP contribution in [-0.4, -0.2) is 61.3 Å². The van der Waals surface area contributed by atoms with Crippen molar-refractivity contribution >= 4 is 11.8 Å². The van der Waals surface area contributed by atoms with E-state index in [1.807, 2.05) is 19.1 Å². The van der Waals surface area contributed by atoms with Gasteiger partial charge in [-0.15, -0.1) is 0 Å². The van der Waals surface area contributed by atoms with Gasteiger partial charge in [0.25, 0.3) is 5.91 Å². The number of hydrogen-bond acceptors (Lipinski definition) is 7. The van der Waals surface area contributed by atoms with Gasteiger partial charge in [0, 0.05) is 62.7 Å². The minimum atomic E-state index is -0.155. The molecule has 0 bridgehead atoms. The Morgan fingerprint density at radius 2 is 2.19 bits per heavy atom. The maximum atomic E-state index is 13.0. The average molecular weight is 438 g/mol. The van der Waals surface area contributed by atoms with Gasteiger partial charge in [0.1, 0.15) is 5.69 Å². The van der Waals surface area contributed by atoms with Gasteiger partial charge in [-0.25, -0.2) is 0 Å². The molecule has 0 spiro atoms. The number of carbonyl (C=O) groups excluding carboxylic acids is 2. The Hall–Kier alpha value is -3.56. The van der Waals surface area contributed by atoms with Crippen molar-refractivity contribution < 1.29 is 14.1 Å². The fraction of sp³-hybridized carbons (Fsp3) is 0.455. The summed E-state index contributed by atoms with van der Waals surface area (Å²) in [6.45, 7) is 4.08. The number of amides is 2. The number of carbonyl (C=O) groups is 2. The molecule has 0 saturated carbocycles. The van der Waals surface area contributed by atoms with Crippen LogP contribution < -0.4 is 5.32 Å². The van der Waals surface area contributed by atoms with Crippen LogP contribution in [0.4, 0.5) is 0 Å². The molecule has 4 heterocycles. The largest absolute Gasteiger partial charge is 0.356 e. The zero-order valence-corrected chi connectivity index (χ0v) is 18.1. The number of aryl methyl sites for hydroxylation is 1. The third-order valence-electron chi connectivity index (χ3n) is 5.59. The third-order valence-corrected chi connectivity index (χ3v) is 5.59. The maximum absolute atomic E-state index is 13.0. The number of pyridine rings is 1. The second-order valence-electron chi connectivity index (χ2n) is 7.77. The van der Waals surface area contributed by atoms with E-state index >= 15 is 0 Å². The summed E-state index contributed by atoms with van der Waals surface area (Å²) < 4.78 is 7.27. The molecule has 3 aromatic heterocycles. The summed E-state index contributed by atoms with van der Waals surface area (Å²) in [5, 5.41) is 11.3. The number of hydrogen-bond donors (Lipinski definition) is 1. The van der Waals surface area contributed by atoms with Gasteiger partial charge in [0.05, 0.1) is 0 Å². The molecule has 1 aliphatic rings. The van der Waals surface area contributed by atoms with Crippen LogP contribution in [0.25, 0.3) is 11.4 Å². The van der Waals surface area contributed by atoms with Crippen LogP contribution in [0.5, 0.6) is 0 Å². The van der Waals surface area contributed by atoms with Gasteiger partial charge >= 0.3 is 0 Å². The standard InChI is InChI=1S/C22H27N7O3/c1-2-29-14-8-18(26-29)22(31)28-12-4-6-16(7-11-24-19(30)9-13-28)21-25-20(27-32-21)17-5-3-10-23-15-17/h3,5,8,10,14-16H,2,4,6-7,9,11-13H2,1H3,(H,24,30). The monoisotopic (exact) mass is 437 g/mol. The van der Waals surface area contributed by atoms with Crippen molar-refractivity contribution in [2.45, 2.75) is 45.1 Å². The Labute approximate surface area is 186 Å². The second-order valence-corrected chi connectivity index (χ2v) is 7.77. The van der Waals surface area contributed by atoms with Gasteiger partial charge in [-0.3, -0.25) is 19.3 Å². The van der Waals surface area contributed by atoms with E-state index in [1.54, 1.807) is 34.2 Å². The summed E-state index contributed by atoms with van der Waals surface area (Å²) in [5.41, 5.74) is 1.19. The highest BCUT2D eigenvalue weighted by Crippen LogP contribution is 2.26. The zero-order chi connectivity index (χ0) is 22.3. The normalized spacial score (nSPS) is 18.1. The molecule has 1 saturated heterocycles. The number of nitrogens with one attached hydrogen (secondary N) is 1. The van der Waals surface area contributed by atoms with Crippen molar-refractivity contribution in [3.63, 3.8) is 0 Å². The van der Waals surface area contributed by atoms with E-state index in [-0.39, 0.29) is 24.2 Å². The van der Waals surface area contributed by atoms with E-state index in [0.29, 0.717) is 50.0 Å². The highest BCUT2D eigenvalue weighted by atomic mass is 16.5.